The third-order valence-electron chi connectivity index (χ3n) is 2.94. The molecule has 25 heavy (non-hydrogen) atoms. The van der Waals surface area contributed by atoms with Crippen molar-refractivity contribution in [3.05, 3.63) is 58.3 Å². The number of aromatic nitrogens is 4. The van der Waals surface area contributed by atoms with Gasteiger partial charge in [-0.05, 0) is 11.3 Å². The number of furan rings is 1. The van der Waals surface area contributed by atoms with Crippen LogP contribution in [0.2, 0.25) is 0 Å². The number of carbonyl (C=O) groups excluding carboxylic acids is 1. The summed E-state index contributed by atoms with van der Waals surface area (Å²) in [6, 6.07) is 11.8. The zero-order valence-electron chi connectivity index (χ0n) is 12.6. The summed E-state index contributed by atoms with van der Waals surface area (Å²) in [5.41, 5.74) is 3.02. The van der Waals surface area contributed by atoms with Crippen molar-refractivity contribution in [1.29, 1.82) is 0 Å². The quantitative estimate of drug-likeness (QED) is 0.400. The van der Waals surface area contributed by atoms with Crippen LogP contribution in [-0.2, 0) is 11.3 Å². The summed E-state index contributed by atoms with van der Waals surface area (Å²) in [6.45, 7) is -0.185. The summed E-state index contributed by atoms with van der Waals surface area (Å²) >= 11 is 0. The lowest BCUT2D eigenvalue weighted by molar-refractivity contribution is -0.402. The molecule has 0 saturated carbocycles. The van der Waals surface area contributed by atoms with Gasteiger partial charge in [0.25, 0.3) is 5.91 Å². The van der Waals surface area contributed by atoms with E-state index in [9.17, 15) is 14.9 Å². The molecule has 0 unspecified atom stereocenters. The van der Waals surface area contributed by atoms with E-state index in [1.165, 1.54) is 12.1 Å². The van der Waals surface area contributed by atoms with Crippen molar-refractivity contribution < 1.29 is 14.1 Å². The second-order valence-electron chi connectivity index (χ2n) is 4.74. The minimum Gasteiger partial charge on any atom is -0.400 e. The van der Waals surface area contributed by atoms with E-state index in [1.54, 1.807) is 0 Å². The number of hydrazone groups is 1. The van der Waals surface area contributed by atoms with Crippen molar-refractivity contribution in [1.82, 2.24) is 25.6 Å². The lowest BCUT2D eigenvalue weighted by Gasteiger charge is -1.97. The Morgan fingerprint density at radius 2 is 2.12 bits per heavy atom. The highest BCUT2D eigenvalue weighted by Gasteiger charge is 2.11. The minimum absolute atomic E-state index is 0.136. The number of tetrazole rings is 1. The number of carbonyl (C=O) groups is 1. The van der Waals surface area contributed by atoms with Crippen LogP contribution >= 0.6 is 0 Å². The fourth-order valence-corrected chi connectivity index (χ4v) is 1.85. The maximum atomic E-state index is 11.8. The lowest BCUT2D eigenvalue weighted by atomic mass is 10.2. The molecular weight excluding hydrogens is 330 g/mol. The van der Waals surface area contributed by atoms with Gasteiger partial charge in [0.15, 0.2) is 5.76 Å². The second kappa shape index (κ2) is 7.12. The van der Waals surface area contributed by atoms with Gasteiger partial charge in [-0.3, -0.25) is 14.9 Å². The Kier molecular flexibility index (Phi) is 4.55. The van der Waals surface area contributed by atoms with E-state index in [0.29, 0.717) is 5.82 Å². The highest BCUT2D eigenvalue weighted by atomic mass is 16.6. The highest BCUT2D eigenvalue weighted by Crippen LogP contribution is 2.13. The molecule has 0 aliphatic carbocycles. The molecule has 126 valence electrons. The molecule has 1 N–H and O–H groups in total. The molecule has 0 bridgehead atoms. The van der Waals surface area contributed by atoms with Gasteiger partial charge in [0, 0.05) is 5.56 Å². The molecule has 1 amide bonds. The Morgan fingerprint density at radius 1 is 1.32 bits per heavy atom. The van der Waals surface area contributed by atoms with Crippen LogP contribution in [0.15, 0.2) is 52.0 Å². The number of hydrogen-bond acceptors (Lipinski definition) is 8. The van der Waals surface area contributed by atoms with Crippen molar-refractivity contribution in [2.24, 2.45) is 5.10 Å². The molecule has 0 spiro atoms. The molecule has 0 fully saturated rings. The first-order chi connectivity index (χ1) is 12.1. The number of nitrogens with one attached hydrogen (secondary N) is 1. The van der Waals surface area contributed by atoms with Gasteiger partial charge in [0.2, 0.25) is 5.82 Å². The normalized spacial score (nSPS) is 10.9. The molecule has 2 heterocycles. The summed E-state index contributed by atoms with van der Waals surface area (Å²) in [7, 11) is 0. The molecule has 11 nitrogen and oxygen atoms in total. The summed E-state index contributed by atoms with van der Waals surface area (Å²) in [5, 5.41) is 25.9. The Hall–Kier alpha value is -3.89. The molecule has 11 heteroatoms. The maximum absolute atomic E-state index is 11.8. The third kappa shape index (κ3) is 4.10. The SMILES string of the molecule is O=C(Cn1nnc(-c2ccccc2)n1)NN=Cc1ccc([N+](=O)[O-])o1. The Balaban J connectivity index is 1.55. The van der Waals surface area contributed by atoms with E-state index in [4.69, 9.17) is 4.42 Å². The van der Waals surface area contributed by atoms with Crippen LogP contribution in [0, 0.1) is 10.1 Å². The standard InChI is InChI=1S/C14H11N7O4/c22-12(16-15-8-11-6-7-13(25-11)21(23)24)9-20-18-14(17-19-20)10-4-2-1-3-5-10/h1-8H,9H2,(H,16,22). The number of rotatable bonds is 6. The molecule has 2 aromatic heterocycles. The van der Waals surface area contributed by atoms with Gasteiger partial charge in [0.1, 0.15) is 11.5 Å². The fourth-order valence-electron chi connectivity index (χ4n) is 1.85. The Labute approximate surface area is 140 Å². The Morgan fingerprint density at radius 3 is 2.84 bits per heavy atom. The molecule has 3 rings (SSSR count). The summed E-state index contributed by atoms with van der Waals surface area (Å²) in [5.74, 6) is -0.362. The first kappa shape index (κ1) is 16.0. The number of nitrogens with zero attached hydrogens (tertiary/aromatic N) is 6. The van der Waals surface area contributed by atoms with E-state index < -0.39 is 16.7 Å². The number of amides is 1. The number of nitro groups is 1. The van der Waals surface area contributed by atoms with E-state index in [2.05, 4.69) is 25.9 Å². The van der Waals surface area contributed by atoms with E-state index in [0.717, 1.165) is 16.6 Å². The van der Waals surface area contributed by atoms with Crippen LogP contribution in [0.5, 0.6) is 0 Å². The molecular formula is C14H11N7O4. The van der Waals surface area contributed by atoms with Crippen molar-refractivity contribution >= 4 is 18.0 Å². The predicted molar refractivity (Wildman–Crippen MR) is 84.4 cm³/mol. The molecule has 0 saturated heterocycles. The van der Waals surface area contributed by atoms with Crippen LogP contribution in [0.3, 0.4) is 0 Å². The summed E-state index contributed by atoms with van der Waals surface area (Å²) in [4.78, 5) is 22.7. The fraction of sp³-hybridized carbons (Fsp3) is 0.0714. The molecule has 1 aromatic carbocycles. The van der Waals surface area contributed by atoms with Crippen LogP contribution < -0.4 is 5.43 Å². The van der Waals surface area contributed by atoms with Crippen molar-refractivity contribution in [2.75, 3.05) is 0 Å². The van der Waals surface area contributed by atoms with Crippen molar-refractivity contribution in [2.45, 2.75) is 6.54 Å². The van der Waals surface area contributed by atoms with E-state index >= 15 is 0 Å². The van der Waals surface area contributed by atoms with Gasteiger partial charge in [-0.1, -0.05) is 30.3 Å². The van der Waals surface area contributed by atoms with E-state index in [-0.39, 0.29) is 12.3 Å². The molecule has 3 aromatic rings. The zero-order chi connectivity index (χ0) is 17.6. The van der Waals surface area contributed by atoms with Crippen LogP contribution in [0.1, 0.15) is 5.76 Å². The minimum atomic E-state index is -0.670. The van der Waals surface area contributed by atoms with Crippen molar-refractivity contribution in [3.63, 3.8) is 0 Å². The average molecular weight is 341 g/mol. The predicted octanol–water partition coefficient (Wildman–Crippen LogP) is 0.992. The third-order valence-corrected chi connectivity index (χ3v) is 2.94. The second-order valence-corrected chi connectivity index (χ2v) is 4.74. The first-order valence-electron chi connectivity index (χ1n) is 7.01. The van der Waals surface area contributed by atoms with Gasteiger partial charge in [-0.25, -0.2) is 5.43 Å². The van der Waals surface area contributed by atoms with Crippen LogP contribution in [0.4, 0.5) is 5.88 Å². The van der Waals surface area contributed by atoms with Gasteiger partial charge in [-0.15, -0.1) is 10.2 Å². The zero-order valence-corrected chi connectivity index (χ0v) is 12.6. The average Bonchev–Trinajstić information content (AvgIpc) is 3.25. The molecule has 0 atom stereocenters. The van der Waals surface area contributed by atoms with Crippen LogP contribution in [-0.4, -0.2) is 37.3 Å². The number of hydrogen-bond donors (Lipinski definition) is 1. The van der Waals surface area contributed by atoms with Gasteiger partial charge >= 0.3 is 5.88 Å². The molecule has 0 radical (unpaired) electrons. The topological polar surface area (TPSA) is 141 Å². The maximum Gasteiger partial charge on any atom is 0.433 e. The molecule has 0 aliphatic heterocycles. The van der Waals surface area contributed by atoms with Gasteiger partial charge in [0.05, 0.1) is 12.3 Å². The highest BCUT2D eigenvalue weighted by molar-refractivity contribution is 5.80. The summed E-state index contributed by atoms with van der Waals surface area (Å²) < 4.78 is 4.86. The van der Waals surface area contributed by atoms with Crippen LogP contribution in [0.25, 0.3) is 11.4 Å². The Bertz CT molecular complexity index is 916. The largest absolute Gasteiger partial charge is 0.433 e. The molecule has 0 aliphatic rings. The summed E-state index contributed by atoms with van der Waals surface area (Å²) in [6.07, 6.45) is 1.15. The van der Waals surface area contributed by atoms with Gasteiger partial charge < -0.3 is 4.42 Å². The first-order valence-corrected chi connectivity index (χ1v) is 7.01. The van der Waals surface area contributed by atoms with Crippen molar-refractivity contribution in [3.8, 4) is 11.4 Å². The monoisotopic (exact) mass is 341 g/mol. The number of benzene rings is 1. The lowest BCUT2D eigenvalue weighted by Crippen LogP contribution is -2.24. The smallest absolute Gasteiger partial charge is 0.400 e. The van der Waals surface area contributed by atoms with Gasteiger partial charge in [-0.2, -0.15) is 9.90 Å². The van der Waals surface area contributed by atoms with E-state index in [1.807, 2.05) is 30.3 Å².